The lowest BCUT2D eigenvalue weighted by atomic mass is 10.2. The van der Waals surface area contributed by atoms with E-state index in [-0.39, 0.29) is 0 Å². The standard InChI is InChI=1S/C12H13BrN2O/c1-16-8-2-3-9-10(6-8)15-5-4-14-7-11(15)12(9)13/h2-3,6,14H,4-5,7H2,1H3. The van der Waals surface area contributed by atoms with Crippen LogP contribution >= 0.6 is 15.9 Å². The minimum absolute atomic E-state index is 0.916. The van der Waals surface area contributed by atoms with E-state index >= 15 is 0 Å². The molecule has 0 unspecified atom stereocenters. The maximum atomic E-state index is 5.28. The topological polar surface area (TPSA) is 26.2 Å². The molecule has 0 fully saturated rings. The fourth-order valence-corrected chi connectivity index (χ4v) is 2.98. The van der Waals surface area contributed by atoms with Crippen LogP contribution in [0.3, 0.4) is 0 Å². The van der Waals surface area contributed by atoms with E-state index in [0.717, 1.165) is 25.4 Å². The van der Waals surface area contributed by atoms with Crippen molar-refractivity contribution in [3.8, 4) is 5.75 Å². The van der Waals surface area contributed by atoms with Gasteiger partial charge in [-0.3, -0.25) is 0 Å². The second-order valence-corrected chi connectivity index (χ2v) is 4.77. The highest BCUT2D eigenvalue weighted by molar-refractivity contribution is 9.10. The van der Waals surface area contributed by atoms with Crippen LogP contribution in [0.5, 0.6) is 5.75 Å². The Balaban J connectivity index is 2.31. The first-order valence-electron chi connectivity index (χ1n) is 5.36. The Hall–Kier alpha value is -1.00. The molecule has 0 bridgehead atoms. The lowest BCUT2D eigenvalue weighted by Crippen LogP contribution is -2.27. The third kappa shape index (κ3) is 1.37. The van der Waals surface area contributed by atoms with Crippen LogP contribution in [-0.4, -0.2) is 18.2 Å². The van der Waals surface area contributed by atoms with Crippen LogP contribution in [0.25, 0.3) is 10.9 Å². The molecule has 1 aliphatic heterocycles. The van der Waals surface area contributed by atoms with Crippen molar-refractivity contribution in [2.24, 2.45) is 0 Å². The molecule has 0 saturated heterocycles. The summed E-state index contributed by atoms with van der Waals surface area (Å²) >= 11 is 3.68. The number of hydrogen-bond donors (Lipinski definition) is 1. The first-order chi connectivity index (χ1) is 7.81. The lowest BCUT2D eigenvalue weighted by Gasteiger charge is -2.17. The number of aromatic nitrogens is 1. The molecule has 16 heavy (non-hydrogen) atoms. The van der Waals surface area contributed by atoms with Crippen molar-refractivity contribution in [3.05, 3.63) is 28.4 Å². The molecule has 0 aliphatic carbocycles. The Labute approximate surface area is 103 Å². The van der Waals surface area contributed by atoms with Gasteiger partial charge in [0.2, 0.25) is 0 Å². The van der Waals surface area contributed by atoms with Gasteiger partial charge in [-0.25, -0.2) is 0 Å². The zero-order chi connectivity index (χ0) is 11.1. The first-order valence-corrected chi connectivity index (χ1v) is 6.16. The summed E-state index contributed by atoms with van der Waals surface area (Å²) in [7, 11) is 1.71. The molecular weight excluding hydrogens is 268 g/mol. The molecule has 0 saturated carbocycles. The molecule has 3 nitrogen and oxygen atoms in total. The SMILES string of the molecule is COc1ccc2c(Br)c3n(c2c1)CCNC3. The Morgan fingerprint density at radius 2 is 2.31 bits per heavy atom. The van der Waals surface area contributed by atoms with Gasteiger partial charge in [0.1, 0.15) is 5.75 Å². The minimum atomic E-state index is 0.916. The fraction of sp³-hybridized carbons (Fsp3) is 0.333. The van der Waals surface area contributed by atoms with Crippen molar-refractivity contribution in [1.29, 1.82) is 0 Å². The van der Waals surface area contributed by atoms with Gasteiger partial charge in [0.25, 0.3) is 0 Å². The fourth-order valence-electron chi connectivity index (χ4n) is 2.29. The van der Waals surface area contributed by atoms with Crippen LogP contribution in [0, 0.1) is 0 Å². The zero-order valence-corrected chi connectivity index (χ0v) is 10.7. The second-order valence-electron chi connectivity index (χ2n) is 3.97. The van der Waals surface area contributed by atoms with Crippen LogP contribution in [-0.2, 0) is 13.1 Å². The van der Waals surface area contributed by atoms with Crippen molar-refractivity contribution in [2.75, 3.05) is 13.7 Å². The second kappa shape index (κ2) is 3.79. The van der Waals surface area contributed by atoms with Crippen LogP contribution in [0.4, 0.5) is 0 Å². The Bertz CT molecular complexity index is 547. The Morgan fingerprint density at radius 3 is 3.12 bits per heavy atom. The van der Waals surface area contributed by atoms with Gasteiger partial charge in [0.05, 0.1) is 12.6 Å². The summed E-state index contributed by atoms with van der Waals surface area (Å²) in [5, 5.41) is 4.65. The number of ether oxygens (including phenoxy) is 1. The van der Waals surface area contributed by atoms with Crippen molar-refractivity contribution in [3.63, 3.8) is 0 Å². The van der Waals surface area contributed by atoms with Gasteiger partial charge < -0.3 is 14.6 Å². The molecule has 3 rings (SSSR count). The van der Waals surface area contributed by atoms with Crippen LogP contribution in [0.2, 0.25) is 0 Å². The third-order valence-corrected chi connectivity index (χ3v) is 4.00. The maximum Gasteiger partial charge on any atom is 0.120 e. The molecule has 1 N–H and O–H groups in total. The number of fused-ring (bicyclic) bond motifs is 3. The number of halogens is 1. The highest BCUT2D eigenvalue weighted by Crippen LogP contribution is 2.34. The molecule has 84 valence electrons. The summed E-state index contributed by atoms with van der Waals surface area (Å²) in [6.07, 6.45) is 0. The predicted octanol–water partition coefficient (Wildman–Crippen LogP) is 2.52. The average molecular weight is 281 g/mol. The summed E-state index contributed by atoms with van der Waals surface area (Å²) < 4.78 is 8.84. The van der Waals surface area contributed by atoms with E-state index in [2.05, 4.69) is 37.9 Å². The summed E-state index contributed by atoms with van der Waals surface area (Å²) in [6, 6.07) is 6.23. The van der Waals surface area contributed by atoms with E-state index in [1.807, 2.05) is 6.07 Å². The van der Waals surface area contributed by atoms with E-state index in [9.17, 15) is 0 Å². The molecule has 1 aliphatic rings. The number of nitrogens with zero attached hydrogens (tertiary/aromatic N) is 1. The predicted molar refractivity (Wildman–Crippen MR) is 67.9 cm³/mol. The zero-order valence-electron chi connectivity index (χ0n) is 9.09. The van der Waals surface area contributed by atoms with Crippen LogP contribution < -0.4 is 10.1 Å². The summed E-state index contributed by atoms with van der Waals surface area (Å²) in [4.78, 5) is 0. The molecule has 2 aromatic rings. The molecular formula is C12H13BrN2O. The van der Waals surface area contributed by atoms with Crippen molar-refractivity contribution >= 4 is 26.8 Å². The number of hydrogen-bond acceptors (Lipinski definition) is 2. The van der Waals surface area contributed by atoms with Crippen molar-refractivity contribution in [2.45, 2.75) is 13.1 Å². The van der Waals surface area contributed by atoms with E-state index in [1.165, 1.54) is 21.1 Å². The highest BCUT2D eigenvalue weighted by atomic mass is 79.9. The van der Waals surface area contributed by atoms with E-state index in [1.54, 1.807) is 7.11 Å². The third-order valence-electron chi connectivity index (χ3n) is 3.12. The molecule has 0 spiro atoms. The largest absolute Gasteiger partial charge is 0.497 e. The molecule has 0 atom stereocenters. The van der Waals surface area contributed by atoms with E-state index in [4.69, 9.17) is 4.74 Å². The van der Waals surface area contributed by atoms with Gasteiger partial charge in [0, 0.05) is 41.3 Å². The summed E-state index contributed by atoms with van der Waals surface area (Å²) in [5.74, 6) is 0.916. The lowest BCUT2D eigenvalue weighted by molar-refractivity contribution is 0.415. The van der Waals surface area contributed by atoms with E-state index in [0.29, 0.717) is 0 Å². The molecule has 2 heterocycles. The Morgan fingerprint density at radius 1 is 1.44 bits per heavy atom. The van der Waals surface area contributed by atoms with Gasteiger partial charge in [-0.15, -0.1) is 0 Å². The molecule has 0 amide bonds. The summed E-state index contributed by atoms with van der Waals surface area (Å²) in [5.41, 5.74) is 2.58. The van der Waals surface area contributed by atoms with E-state index < -0.39 is 0 Å². The molecule has 4 heteroatoms. The highest BCUT2D eigenvalue weighted by Gasteiger charge is 2.17. The maximum absolute atomic E-state index is 5.28. The minimum Gasteiger partial charge on any atom is -0.497 e. The van der Waals surface area contributed by atoms with Gasteiger partial charge in [-0.05, 0) is 28.1 Å². The van der Waals surface area contributed by atoms with Gasteiger partial charge >= 0.3 is 0 Å². The average Bonchev–Trinajstić information content (AvgIpc) is 2.64. The number of rotatable bonds is 1. The van der Waals surface area contributed by atoms with Gasteiger partial charge in [-0.1, -0.05) is 0 Å². The van der Waals surface area contributed by atoms with Crippen molar-refractivity contribution < 1.29 is 4.74 Å². The molecule has 1 aromatic heterocycles. The molecule has 0 radical (unpaired) electrons. The quantitative estimate of drug-likeness (QED) is 0.869. The smallest absolute Gasteiger partial charge is 0.120 e. The van der Waals surface area contributed by atoms with Gasteiger partial charge in [-0.2, -0.15) is 0 Å². The van der Waals surface area contributed by atoms with Crippen molar-refractivity contribution in [1.82, 2.24) is 9.88 Å². The number of benzene rings is 1. The van der Waals surface area contributed by atoms with Crippen LogP contribution in [0.1, 0.15) is 5.69 Å². The number of methoxy groups -OCH3 is 1. The normalized spacial score (nSPS) is 15.1. The van der Waals surface area contributed by atoms with Gasteiger partial charge in [0.15, 0.2) is 0 Å². The summed E-state index contributed by atoms with van der Waals surface area (Å²) in [6.45, 7) is 2.97. The first kappa shape index (κ1) is 10.2. The van der Waals surface area contributed by atoms with Crippen LogP contribution in [0.15, 0.2) is 22.7 Å². The Kier molecular flexibility index (Phi) is 2.41. The monoisotopic (exact) mass is 280 g/mol. The molecule has 1 aromatic carbocycles. The number of nitrogens with one attached hydrogen (secondary N) is 1.